The molecule has 8 heteroatoms. The molecule has 2 aromatic carbocycles. The summed E-state index contributed by atoms with van der Waals surface area (Å²) < 4.78 is 3.31. The summed E-state index contributed by atoms with van der Waals surface area (Å²) in [4.78, 5) is 42.6. The summed E-state index contributed by atoms with van der Waals surface area (Å²) >= 11 is 0. The Morgan fingerprint density at radius 2 is 1.63 bits per heavy atom. The molecule has 4 aromatic rings. The molecule has 0 bridgehead atoms. The molecule has 4 rings (SSSR count). The van der Waals surface area contributed by atoms with Gasteiger partial charge in [0.15, 0.2) is 5.69 Å². The molecule has 0 fully saturated rings. The summed E-state index contributed by atoms with van der Waals surface area (Å²) in [7, 11) is 0. The number of carbonyl (C=O) groups is 1. The van der Waals surface area contributed by atoms with Gasteiger partial charge < -0.3 is 10.3 Å². The third-order valence-corrected chi connectivity index (χ3v) is 5.90. The van der Waals surface area contributed by atoms with E-state index in [9.17, 15) is 14.4 Å². The van der Waals surface area contributed by atoms with Crippen LogP contribution in [0, 0.1) is 0 Å². The van der Waals surface area contributed by atoms with E-state index in [2.05, 4.69) is 4.98 Å². The molecule has 3 N–H and O–H groups in total. The molecular formula is C27H29N5O3. The van der Waals surface area contributed by atoms with Crippen LogP contribution in [0.15, 0.2) is 88.7 Å². The quantitative estimate of drug-likeness (QED) is 0.390. The molecule has 0 radical (unpaired) electrons. The minimum absolute atomic E-state index is 0.000521. The molecule has 0 aliphatic heterocycles. The fourth-order valence-electron chi connectivity index (χ4n) is 4.00. The topological polar surface area (TPSA) is 106 Å². The summed E-state index contributed by atoms with van der Waals surface area (Å²) in [6.07, 6.45) is 5.54. The number of nitrogens with two attached hydrogens (primary N) is 1. The van der Waals surface area contributed by atoms with Crippen LogP contribution in [0.2, 0.25) is 0 Å². The van der Waals surface area contributed by atoms with E-state index in [1.165, 1.54) is 9.47 Å². The molecule has 35 heavy (non-hydrogen) atoms. The first-order valence-corrected chi connectivity index (χ1v) is 11.7. The first-order valence-electron chi connectivity index (χ1n) is 11.7. The van der Waals surface area contributed by atoms with Gasteiger partial charge in [0.25, 0.3) is 5.56 Å². The fraction of sp³-hybridized carbons (Fsp3) is 0.222. The molecule has 2 heterocycles. The van der Waals surface area contributed by atoms with Crippen LogP contribution < -0.4 is 21.9 Å². The molecule has 0 aliphatic rings. The van der Waals surface area contributed by atoms with Gasteiger partial charge in [-0.25, -0.2) is 4.79 Å². The summed E-state index contributed by atoms with van der Waals surface area (Å²) in [5.41, 5.74) is 7.71. The lowest BCUT2D eigenvalue weighted by molar-refractivity contribution is -0.118. The van der Waals surface area contributed by atoms with Gasteiger partial charge in [0.05, 0.1) is 13.0 Å². The molecule has 0 atom stereocenters. The van der Waals surface area contributed by atoms with Crippen LogP contribution in [-0.2, 0) is 24.3 Å². The number of carbonyl (C=O) groups excluding carboxylic acids is 1. The van der Waals surface area contributed by atoms with Crippen molar-refractivity contribution >= 4 is 17.4 Å². The first-order chi connectivity index (χ1) is 17.0. The lowest BCUT2D eigenvalue weighted by atomic mass is 10.1. The van der Waals surface area contributed by atoms with Crippen molar-refractivity contribution in [1.82, 2.24) is 14.1 Å². The van der Waals surface area contributed by atoms with Crippen molar-refractivity contribution in [2.24, 2.45) is 0 Å². The van der Waals surface area contributed by atoms with E-state index in [0.717, 1.165) is 29.7 Å². The van der Waals surface area contributed by atoms with Crippen molar-refractivity contribution in [3.8, 4) is 5.69 Å². The minimum Gasteiger partial charge on any atom is -0.383 e. The Labute approximate surface area is 203 Å². The number of unbranched alkanes of at least 4 members (excludes halogenated alkanes) is 1. The second kappa shape index (κ2) is 10.7. The van der Waals surface area contributed by atoms with Crippen molar-refractivity contribution in [1.29, 1.82) is 0 Å². The Morgan fingerprint density at radius 1 is 0.943 bits per heavy atom. The predicted molar refractivity (Wildman–Crippen MR) is 138 cm³/mol. The number of aromatic nitrogens is 3. The minimum atomic E-state index is -0.674. The van der Waals surface area contributed by atoms with E-state index >= 15 is 0 Å². The van der Waals surface area contributed by atoms with Crippen LogP contribution in [0.4, 0.5) is 11.5 Å². The van der Waals surface area contributed by atoms with Crippen LogP contribution in [0.3, 0.4) is 0 Å². The third kappa shape index (κ3) is 5.43. The predicted octanol–water partition coefficient (Wildman–Crippen LogP) is 3.49. The Balaban J connectivity index is 1.69. The van der Waals surface area contributed by atoms with Crippen molar-refractivity contribution in [3.05, 3.63) is 111 Å². The average molecular weight is 472 g/mol. The number of nitrogens with zero attached hydrogens (tertiary/aromatic N) is 3. The number of aromatic amines is 1. The van der Waals surface area contributed by atoms with E-state index in [0.29, 0.717) is 6.54 Å². The molecule has 0 aliphatic carbocycles. The van der Waals surface area contributed by atoms with Gasteiger partial charge in [0.1, 0.15) is 5.82 Å². The Kier molecular flexibility index (Phi) is 7.30. The maximum Gasteiger partial charge on any atom is 0.330 e. The molecule has 2 aromatic heterocycles. The molecule has 0 unspecified atom stereocenters. The van der Waals surface area contributed by atoms with Gasteiger partial charge in [-0.15, -0.1) is 0 Å². The number of hydrogen-bond acceptors (Lipinski definition) is 4. The number of amides is 1. The van der Waals surface area contributed by atoms with Gasteiger partial charge in [-0.05, 0) is 41.8 Å². The van der Waals surface area contributed by atoms with E-state index in [4.69, 9.17) is 5.73 Å². The number of nitrogens with one attached hydrogen (secondary N) is 1. The zero-order valence-electron chi connectivity index (χ0n) is 19.7. The van der Waals surface area contributed by atoms with E-state index in [1.807, 2.05) is 90.6 Å². The molecule has 1 amide bonds. The number of nitrogen functional groups attached to an aromatic ring is 1. The van der Waals surface area contributed by atoms with Gasteiger partial charge in [0.2, 0.25) is 5.91 Å². The van der Waals surface area contributed by atoms with Gasteiger partial charge >= 0.3 is 5.69 Å². The summed E-state index contributed by atoms with van der Waals surface area (Å²) in [6, 6.07) is 20.9. The van der Waals surface area contributed by atoms with Crippen LogP contribution in [0.25, 0.3) is 5.69 Å². The van der Waals surface area contributed by atoms with E-state index in [-0.39, 0.29) is 30.4 Å². The van der Waals surface area contributed by atoms with Crippen molar-refractivity contribution in [3.63, 3.8) is 0 Å². The standard InChI is InChI=1S/C27H29N5O3/c1-2-3-17-31-25(28)24(26(34)29-27(31)35)32(19-21-9-5-4-6-10-21)23(33)18-20-11-13-22(14-12-20)30-15-7-8-16-30/h4-16H,2-3,17-19,28H2,1H3,(H,29,34,35). The van der Waals surface area contributed by atoms with Crippen LogP contribution in [0.5, 0.6) is 0 Å². The number of anilines is 2. The van der Waals surface area contributed by atoms with Gasteiger partial charge in [-0.1, -0.05) is 55.8 Å². The van der Waals surface area contributed by atoms with E-state index < -0.39 is 11.2 Å². The van der Waals surface area contributed by atoms with Crippen molar-refractivity contribution < 1.29 is 4.79 Å². The molecule has 8 nitrogen and oxygen atoms in total. The van der Waals surface area contributed by atoms with Gasteiger partial charge in [0, 0.05) is 24.6 Å². The van der Waals surface area contributed by atoms with Crippen molar-refractivity contribution in [2.75, 3.05) is 10.6 Å². The highest BCUT2D eigenvalue weighted by Crippen LogP contribution is 2.22. The number of rotatable bonds is 9. The van der Waals surface area contributed by atoms with Gasteiger partial charge in [-0.3, -0.25) is 24.0 Å². The second-order valence-electron chi connectivity index (χ2n) is 8.40. The average Bonchev–Trinajstić information content (AvgIpc) is 3.39. The molecular weight excluding hydrogens is 442 g/mol. The van der Waals surface area contributed by atoms with Crippen LogP contribution >= 0.6 is 0 Å². The zero-order chi connectivity index (χ0) is 24.8. The first kappa shape index (κ1) is 23.8. The van der Waals surface area contributed by atoms with Crippen LogP contribution in [0.1, 0.15) is 30.9 Å². The Hall–Kier alpha value is -4.33. The highest BCUT2D eigenvalue weighted by atomic mass is 16.2. The van der Waals surface area contributed by atoms with Crippen LogP contribution in [-0.4, -0.2) is 20.0 Å². The maximum atomic E-state index is 13.6. The molecule has 0 saturated heterocycles. The molecule has 0 saturated carbocycles. The summed E-state index contributed by atoms with van der Waals surface area (Å²) in [6.45, 7) is 2.51. The molecule has 0 spiro atoms. The van der Waals surface area contributed by atoms with Gasteiger partial charge in [-0.2, -0.15) is 0 Å². The zero-order valence-corrected chi connectivity index (χ0v) is 19.7. The fourth-order valence-corrected chi connectivity index (χ4v) is 4.00. The third-order valence-electron chi connectivity index (χ3n) is 5.90. The maximum absolute atomic E-state index is 13.6. The number of H-pyrrole nitrogens is 1. The largest absolute Gasteiger partial charge is 0.383 e. The lowest BCUT2D eigenvalue weighted by Crippen LogP contribution is -2.41. The monoisotopic (exact) mass is 471 g/mol. The van der Waals surface area contributed by atoms with Crippen molar-refractivity contribution in [2.45, 2.75) is 39.3 Å². The Bertz CT molecular complexity index is 1390. The lowest BCUT2D eigenvalue weighted by Gasteiger charge is -2.25. The highest BCUT2D eigenvalue weighted by Gasteiger charge is 2.24. The Morgan fingerprint density at radius 3 is 2.29 bits per heavy atom. The number of benzene rings is 2. The SMILES string of the molecule is CCCCn1c(N)c(N(Cc2ccccc2)C(=O)Cc2ccc(-n3cccc3)cc2)c(=O)[nH]c1=O. The number of hydrogen-bond donors (Lipinski definition) is 2. The normalized spacial score (nSPS) is 10.9. The van der Waals surface area contributed by atoms with E-state index in [1.54, 1.807) is 0 Å². The molecule has 180 valence electrons. The summed E-state index contributed by atoms with van der Waals surface area (Å²) in [5.74, 6) is -0.292. The smallest absolute Gasteiger partial charge is 0.330 e. The highest BCUT2D eigenvalue weighted by molar-refractivity contribution is 5.96. The second-order valence-corrected chi connectivity index (χ2v) is 8.40. The summed E-state index contributed by atoms with van der Waals surface area (Å²) in [5, 5.41) is 0.